The summed E-state index contributed by atoms with van der Waals surface area (Å²) in [5, 5.41) is 0. The lowest BCUT2D eigenvalue weighted by atomic mass is 10.1. The molecule has 0 aliphatic rings. The van der Waals surface area contributed by atoms with E-state index in [0.717, 1.165) is 24.2 Å². The first-order chi connectivity index (χ1) is 9.33. The van der Waals surface area contributed by atoms with Crippen molar-refractivity contribution in [1.29, 1.82) is 0 Å². The fraction of sp³-hybridized carbons (Fsp3) is 0.222. The molecule has 0 N–H and O–H groups in total. The van der Waals surface area contributed by atoms with Gasteiger partial charge in [-0.2, -0.15) is 0 Å². The van der Waals surface area contributed by atoms with E-state index in [1.165, 1.54) is 11.1 Å². The standard InChI is InChI=1S/C18H20O/c1-3-15-9-12-17(13-10-15)18(19-2)14-11-16-7-5-4-6-8-16/h4-10,12-14H,3,11H2,1-2H3/b18-14-. The molecule has 0 unspecified atom stereocenters. The van der Waals surface area contributed by atoms with E-state index in [1.807, 2.05) is 6.07 Å². The van der Waals surface area contributed by atoms with Crippen LogP contribution >= 0.6 is 0 Å². The third-order valence-electron chi connectivity index (χ3n) is 3.23. The molecule has 1 heteroatoms. The molecule has 0 aromatic heterocycles. The summed E-state index contributed by atoms with van der Waals surface area (Å²) in [5.41, 5.74) is 3.78. The molecule has 98 valence electrons. The van der Waals surface area contributed by atoms with E-state index in [4.69, 9.17) is 4.74 Å². The van der Waals surface area contributed by atoms with E-state index in [0.29, 0.717) is 0 Å². The predicted octanol–water partition coefficient (Wildman–Crippen LogP) is 4.48. The lowest BCUT2D eigenvalue weighted by Gasteiger charge is -2.07. The van der Waals surface area contributed by atoms with Gasteiger partial charge in [0.05, 0.1) is 7.11 Å². The summed E-state index contributed by atoms with van der Waals surface area (Å²) < 4.78 is 5.49. The smallest absolute Gasteiger partial charge is 0.122 e. The molecule has 0 saturated carbocycles. The molecule has 0 aliphatic carbocycles. The van der Waals surface area contributed by atoms with E-state index in [2.05, 4.69) is 61.5 Å². The van der Waals surface area contributed by atoms with Crippen molar-refractivity contribution >= 4 is 5.76 Å². The van der Waals surface area contributed by atoms with Crippen LogP contribution < -0.4 is 0 Å². The molecule has 2 aromatic rings. The van der Waals surface area contributed by atoms with Gasteiger partial charge in [-0.15, -0.1) is 0 Å². The molecule has 0 spiro atoms. The number of benzene rings is 2. The first-order valence-electron chi connectivity index (χ1n) is 6.71. The Morgan fingerprint density at radius 3 is 2.21 bits per heavy atom. The van der Waals surface area contributed by atoms with Crippen LogP contribution in [0.4, 0.5) is 0 Å². The van der Waals surface area contributed by atoms with E-state index >= 15 is 0 Å². The first-order valence-corrected chi connectivity index (χ1v) is 6.71. The maximum atomic E-state index is 5.49. The Morgan fingerprint density at radius 2 is 1.63 bits per heavy atom. The van der Waals surface area contributed by atoms with Crippen LogP contribution in [0, 0.1) is 0 Å². The van der Waals surface area contributed by atoms with Crippen LogP contribution in [0.2, 0.25) is 0 Å². The SMILES string of the molecule is CCc1ccc(/C(=C/Cc2ccccc2)OC)cc1. The van der Waals surface area contributed by atoms with Crippen molar-refractivity contribution in [1.82, 2.24) is 0 Å². The summed E-state index contributed by atoms with van der Waals surface area (Å²) in [4.78, 5) is 0. The summed E-state index contributed by atoms with van der Waals surface area (Å²) >= 11 is 0. The highest BCUT2D eigenvalue weighted by atomic mass is 16.5. The highest BCUT2D eigenvalue weighted by molar-refractivity contribution is 5.60. The van der Waals surface area contributed by atoms with Crippen molar-refractivity contribution in [2.24, 2.45) is 0 Å². The van der Waals surface area contributed by atoms with Gasteiger partial charge in [0, 0.05) is 5.56 Å². The van der Waals surface area contributed by atoms with Gasteiger partial charge in [0.1, 0.15) is 5.76 Å². The maximum Gasteiger partial charge on any atom is 0.122 e. The molecule has 0 amide bonds. The Morgan fingerprint density at radius 1 is 0.947 bits per heavy atom. The monoisotopic (exact) mass is 252 g/mol. The quantitative estimate of drug-likeness (QED) is 0.713. The topological polar surface area (TPSA) is 9.23 Å². The average Bonchev–Trinajstić information content (AvgIpc) is 2.49. The van der Waals surface area contributed by atoms with Gasteiger partial charge in [0.15, 0.2) is 0 Å². The molecule has 0 bridgehead atoms. The van der Waals surface area contributed by atoms with Crippen LogP contribution in [0.15, 0.2) is 60.7 Å². The number of allylic oxidation sites excluding steroid dienone is 1. The fourth-order valence-electron chi connectivity index (χ4n) is 2.05. The second-order valence-corrected chi connectivity index (χ2v) is 4.51. The van der Waals surface area contributed by atoms with Crippen LogP contribution in [0.1, 0.15) is 23.6 Å². The van der Waals surface area contributed by atoms with Gasteiger partial charge in [-0.05, 0) is 30.0 Å². The zero-order valence-electron chi connectivity index (χ0n) is 11.6. The zero-order valence-corrected chi connectivity index (χ0v) is 11.6. The number of hydrogen-bond acceptors (Lipinski definition) is 1. The first kappa shape index (κ1) is 13.4. The molecule has 2 rings (SSSR count). The minimum Gasteiger partial charge on any atom is -0.496 e. The van der Waals surface area contributed by atoms with Crippen LogP contribution in [0.5, 0.6) is 0 Å². The molecule has 0 radical (unpaired) electrons. The molecule has 1 nitrogen and oxygen atoms in total. The molecular formula is C18H20O. The number of rotatable bonds is 5. The molecule has 0 saturated heterocycles. The normalized spacial score (nSPS) is 11.4. The van der Waals surface area contributed by atoms with Crippen LogP contribution in [0.3, 0.4) is 0 Å². The van der Waals surface area contributed by atoms with Gasteiger partial charge in [-0.3, -0.25) is 0 Å². The van der Waals surface area contributed by atoms with Crippen LogP contribution in [-0.4, -0.2) is 7.11 Å². The van der Waals surface area contributed by atoms with Crippen molar-refractivity contribution in [3.8, 4) is 0 Å². The Kier molecular flexibility index (Phi) is 4.79. The number of aryl methyl sites for hydroxylation is 1. The fourth-order valence-corrected chi connectivity index (χ4v) is 2.05. The second-order valence-electron chi connectivity index (χ2n) is 4.51. The van der Waals surface area contributed by atoms with Gasteiger partial charge < -0.3 is 4.74 Å². The summed E-state index contributed by atoms with van der Waals surface area (Å²) in [6.07, 6.45) is 4.09. The van der Waals surface area contributed by atoms with E-state index in [9.17, 15) is 0 Å². The maximum absolute atomic E-state index is 5.49. The highest BCUT2D eigenvalue weighted by Crippen LogP contribution is 2.17. The van der Waals surface area contributed by atoms with Gasteiger partial charge in [-0.25, -0.2) is 0 Å². The summed E-state index contributed by atoms with van der Waals surface area (Å²) in [6.45, 7) is 2.16. The van der Waals surface area contributed by atoms with Crippen molar-refractivity contribution in [2.45, 2.75) is 19.8 Å². The van der Waals surface area contributed by atoms with Crippen molar-refractivity contribution in [3.63, 3.8) is 0 Å². The molecular weight excluding hydrogens is 232 g/mol. The highest BCUT2D eigenvalue weighted by Gasteiger charge is 2.01. The van der Waals surface area contributed by atoms with Crippen molar-refractivity contribution in [2.75, 3.05) is 7.11 Å². The van der Waals surface area contributed by atoms with E-state index in [-0.39, 0.29) is 0 Å². The Hall–Kier alpha value is -2.02. The summed E-state index contributed by atoms with van der Waals surface area (Å²) in [7, 11) is 1.73. The van der Waals surface area contributed by atoms with Gasteiger partial charge >= 0.3 is 0 Å². The average molecular weight is 252 g/mol. The van der Waals surface area contributed by atoms with Crippen LogP contribution in [0.25, 0.3) is 5.76 Å². The zero-order chi connectivity index (χ0) is 13.5. The van der Waals surface area contributed by atoms with Gasteiger partial charge in [0.2, 0.25) is 0 Å². The Bertz CT molecular complexity index is 523. The van der Waals surface area contributed by atoms with Gasteiger partial charge in [0.25, 0.3) is 0 Å². The second kappa shape index (κ2) is 6.79. The Labute approximate surface area is 115 Å². The van der Waals surface area contributed by atoms with Crippen molar-refractivity contribution < 1.29 is 4.74 Å². The number of ether oxygens (including phenoxy) is 1. The molecule has 0 aliphatic heterocycles. The van der Waals surface area contributed by atoms with Crippen LogP contribution in [-0.2, 0) is 17.6 Å². The summed E-state index contributed by atoms with van der Waals surface area (Å²) in [6, 6.07) is 19.0. The summed E-state index contributed by atoms with van der Waals surface area (Å²) in [5.74, 6) is 0.937. The largest absolute Gasteiger partial charge is 0.496 e. The lowest BCUT2D eigenvalue weighted by Crippen LogP contribution is -1.90. The predicted molar refractivity (Wildman–Crippen MR) is 81.0 cm³/mol. The third-order valence-corrected chi connectivity index (χ3v) is 3.23. The molecule has 19 heavy (non-hydrogen) atoms. The number of hydrogen-bond donors (Lipinski definition) is 0. The minimum absolute atomic E-state index is 0.888. The van der Waals surface area contributed by atoms with Crippen molar-refractivity contribution in [3.05, 3.63) is 77.4 Å². The minimum atomic E-state index is 0.888. The van der Waals surface area contributed by atoms with Gasteiger partial charge in [-0.1, -0.05) is 61.5 Å². The molecule has 2 aromatic carbocycles. The number of methoxy groups -OCH3 is 1. The lowest BCUT2D eigenvalue weighted by molar-refractivity contribution is 0.369. The van der Waals surface area contributed by atoms with E-state index < -0.39 is 0 Å². The molecule has 0 fully saturated rings. The molecule has 0 heterocycles. The third kappa shape index (κ3) is 3.72. The van der Waals surface area contributed by atoms with E-state index in [1.54, 1.807) is 7.11 Å². The Balaban J connectivity index is 2.14. The molecule has 0 atom stereocenters.